The molecule has 2 saturated heterocycles. The lowest BCUT2D eigenvalue weighted by Crippen LogP contribution is -2.57. The first-order valence-electron chi connectivity index (χ1n) is 13.9. The maximum atomic E-state index is 16.3. The Morgan fingerprint density at radius 2 is 1.80 bits per heavy atom. The van der Waals surface area contributed by atoms with E-state index in [0.717, 1.165) is 17.7 Å². The number of aromatic nitrogens is 1. The van der Waals surface area contributed by atoms with Crippen molar-refractivity contribution < 1.29 is 32.3 Å². The summed E-state index contributed by atoms with van der Waals surface area (Å²) in [7, 11) is 0. The highest BCUT2D eigenvalue weighted by Crippen LogP contribution is 2.52. The lowest BCUT2D eigenvalue weighted by atomic mass is 9.61. The highest BCUT2D eigenvalue weighted by Gasteiger charge is 2.53. The first kappa shape index (κ1) is 29.1. The Kier molecular flexibility index (Phi) is 7.67. The fraction of sp³-hybridized carbons (Fsp3) is 0.452. The standard InChI is InChI=1S/C31H33F4N3O3/c1-3-29(4-2)18-38(17-19-5-7-21(8-6-19)31(33,34)35)14-13-30(29,41)24-10-11-25-23(27(24)32)15-20(16-36-25)22-9-12-26(39)37-28(22)40/h5-8,10-11,15-16,22,41H,3-4,9,12-14,17-18H2,1-2H3,(H,37,39,40). The van der Waals surface area contributed by atoms with E-state index in [1.807, 2.05) is 13.8 Å². The maximum Gasteiger partial charge on any atom is 0.416 e. The molecular formula is C31H33F4N3O3. The van der Waals surface area contributed by atoms with Gasteiger partial charge in [0.2, 0.25) is 11.8 Å². The Bertz CT molecular complexity index is 1470. The van der Waals surface area contributed by atoms with Crippen LogP contribution >= 0.6 is 0 Å². The van der Waals surface area contributed by atoms with Gasteiger partial charge in [0.15, 0.2) is 0 Å². The number of hydrogen-bond acceptors (Lipinski definition) is 5. The van der Waals surface area contributed by atoms with Crippen LogP contribution in [0, 0.1) is 11.2 Å². The van der Waals surface area contributed by atoms with Crippen LogP contribution in [0.3, 0.4) is 0 Å². The lowest BCUT2D eigenvalue weighted by molar-refractivity contribution is -0.150. The van der Waals surface area contributed by atoms with Gasteiger partial charge >= 0.3 is 6.18 Å². The molecule has 2 fully saturated rings. The molecule has 2 N–H and O–H groups in total. The third-order valence-electron chi connectivity index (χ3n) is 9.14. The Morgan fingerprint density at radius 1 is 1.10 bits per heavy atom. The first-order chi connectivity index (χ1) is 19.4. The zero-order valence-electron chi connectivity index (χ0n) is 23.0. The maximum absolute atomic E-state index is 16.3. The Balaban J connectivity index is 1.45. The first-order valence-corrected chi connectivity index (χ1v) is 13.9. The molecule has 0 bridgehead atoms. The van der Waals surface area contributed by atoms with Crippen LogP contribution in [-0.4, -0.2) is 39.9 Å². The molecule has 2 aromatic carbocycles. The molecule has 2 unspecified atom stereocenters. The number of imide groups is 1. The molecule has 0 spiro atoms. The summed E-state index contributed by atoms with van der Waals surface area (Å²) in [6.07, 6.45) is -1.04. The number of benzene rings is 2. The number of fused-ring (bicyclic) bond motifs is 1. The SMILES string of the molecule is CCC1(CC)CN(Cc2ccc(C(F)(F)F)cc2)CCC1(O)c1ccc2ncc(C3CCC(=O)NC3=O)cc2c1F. The molecule has 0 aliphatic carbocycles. The van der Waals surface area contributed by atoms with Crippen molar-refractivity contribution in [2.24, 2.45) is 5.41 Å². The second kappa shape index (κ2) is 10.8. The highest BCUT2D eigenvalue weighted by molar-refractivity contribution is 6.01. The fourth-order valence-electron chi connectivity index (χ4n) is 6.60. The number of carbonyl (C=O) groups excluding carboxylic acids is 2. The topological polar surface area (TPSA) is 82.5 Å². The normalized spacial score (nSPS) is 23.5. The summed E-state index contributed by atoms with van der Waals surface area (Å²) >= 11 is 0. The van der Waals surface area contributed by atoms with Gasteiger partial charge in [-0.25, -0.2) is 4.39 Å². The van der Waals surface area contributed by atoms with Gasteiger partial charge in [0.1, 0.15) is 11.4 Å². The van der Waals surface area contributed by atoms with Gasteiger partial charge in [-0.05, 0) is 61.1 Å². The summed E-state index contributed by atoms with van der Waals surface area (Å²) < 4.78 is 55.3. The summed E-state index contributed by atoms with van der Waals surface area (Å²) in [5.74, 6) is -1.98. The molecule has 3 heterocycles. The summed E-state index contributed by atoms with van der Waals surface area (Å²) in [5.41, 5.74) is -1.12. The fourth-order valence-corrected chi connectivity index (χ4v) is 6.60. The average Bonchev–Trinajstić information content (AvgIpc) is 2.94. The van der Waals surface area contributed by atoms with Gasteiger partial charge in [0, 0.05) is 48.6 Å². The number of piperidine rings is 2. The van der Waals surface area contributed by atoms with E-state index in [1.165, 1.54) is 18.3 Å². The van der Waals surface area contributed by atoms with E-state index in [2.05, 4.69) is 15.2 Å². The number of halogens is 4. The number of amides is 2. The molecule has 2 atom stereocenters. The van der Waals surface area contributed by atoms with E-state index in [0.29, 0.717) is 50.0 Å². The molecule has 218 valence electrons. The molecule has 2 aliphatic rings. The van der Waals surface area contributed by atoms with Crippen molar-refractivity contribution in [1.82, 2.24) is 15.2 Å². The number of alkyl halides is 3. The Morgan fingerprint density at radius 3 is 2.44 bits per heavy atom. The third-order valence-corrected chi connectivity index (χ3v) is 9.14. The van der Waals surface area contributed by atoms with Gasteiger partial charge < -0.3 is 5.11 Å². The molecule has 5 rings (SSSR count). The summed E-state index contributed by atoms with van der Waals surface area (Å²) in [6, 6.07) is 9.93. The number of nitrogens with zero attached hydrogens (tertiary/aromatic N) is 2. The molecule has 0 radical (unpaired) electrons. The van der Waals surface area contributed by atoms with Crippen molar-refractivity contribution in [3.8, 4) is 0 Å². The number of likely N-dealkylation sites (tertiary alicyclic amines) is 1. The number of rotatable bonds is 6. The summed E-state index contributed by atoms with van der Waals surface area (Å²) in [4.78, 5) is 30.5. The largest absolute Gasteiger partial charge is 0.416 e. The highest BCUT2D eigenvalue weighted by atomic mass is 19.4. The Labute approximate surface area is 235 Å². The number of carbonyl (C=O) groups is 2. The summed E-state index contributed by atoms with van der Waals surface area (Å²) in [6.45, 7) is 5.18. The van der Waals surface area contributed by atoms with Crippen molar-refractivity contribution in [1.29, 1.82) is 0 Å². The molecule has 6 nitrogen and oxygen atoms in total. The van der Waals surface area contributed by atoms with Crippen LogP contribution in [0.15, 0.2) is 48.7 Å². The van der Waals surface area contributed by atoms with E-state index in [1.54, 1.807) is 18.2 Å². The van der Waals surface area contributed by atoms with Gasteiger partial charge in [-0.3, -0.25) is 24.8 Å². The van der Waals surface area contributed by atoms with Crippen molar-refractivity contribution in [3.05, 3.63) is 76.7 Å². The second-order valence-electron chi connectivity index (χ2n) is 11.3. The van der Waals surface area contributed by atoms with E-state index in [4.69, 9.17) is 0 Å². The van der Waals surface area contributed by atoms with Crippen molar-refractivity contribution in [2.45, 2.75) is 70.2 Å². The van der Waals surface area contributed by atoms with E-state index in [-0.39, 0.29) is 29.7 Å². The molecule has 3 aromatic rings. The smallest absolute Gasteiger partial charge is 0.384 e. The van der Waals surface area contributed by atoms with Crippen molar-refractivity contribution >= 4 is 22.7 Å². The van der Waals surface area contributed by atoms with Crippen LogP contribution in [0.25, 0.3) is 10.9 Å². The average molecular weight is 572 g/mol. The predicted molar refractivity (Wildman–Crippen MR) is 145 cm³/mol. The van der Waals surface area contributed by atoms with Gasteiger partial charge in [-0.15, -0.1) is 0 Å². The lowest BCUT2D eigenvalue weighted by Gasteiger charge is -2.54. The number of nitrogens with one attached hydrogen (secondary N) is 1. The second-order valence-corrected chi connectivity index (χ2v) is 11.3. The molecular weight excluding hydrogens is 538 g/mol. The van der Waals surface area contributed by atoms with Crippen molar-refractivity contribution in [2.75, 3.05) is 13.1 Å². The minimum atomic E-state index is -4.40. The van der Waals surface area contributed by atoms with Gasteiger partial charge in [0.25, 0.3) is 0 Å². The van der Waals surface area contributed by atoms with Crippen LogP contribution in [-0.2, 0) is 27.9 Å². The van der Waals surface area contributed by atoms with Crippen LogP contribution < -0.4 is 5.32 Å². The number of hydrogen-bond donors (Lipinski definition) is 2. The van der Waals surface area contributed by atoms with E-state index in [9.17, 15) is 27.9 Å². The van der Waals surface area contributed by atoms with Gasteiger partial charge in [0.05, 0.1) is 17.0 Å². The zero-order valence-corrected chi connectivity index (χ0v) is 23.0. The molecule has 2 aliphatic heterocycles. The van der Waals surface area contributed by atoms with Crippen LogP contribution in [0.1, 0.15) is 74.1 Å². The summed E-state index contributed by atoms with van der Waals surface area (Å²) in [5, 5.41) is 14.8. The monoisotopic (exact) mass is 571 g/mol. The minimum absolute atomic E-state index is 0.171. The third kappa shape index (κ3) is 5.23. The number of aliphatic hydroxyl groups is 1. The van der Waals surface area contributed by atoms with Crippen molar-refractivity contribution in [3.63, 3.8) is 0 Å². The molecule has 41 heavy (non-hydrogen) atoms. The zero-order chi connectivity index (χ0) is 29.6. The predicted octanol–water partition coefficient (Wildman–Crippen LogP) is 5.81. The molecule has 10 heteroatoms. The molecule has 0 saturated carbocycles. The van der Waals surface area contributed by atoms with Gasteiger partial charge in [-0.1, -0.05) is 32.0 Å². The molecule has 2 amide bonds. The quantitative estimate of drug-likeness (QED) is 0.288. The van der Waals surface area contributed by atoms with E-state index < -0.39 is 40.4 Å². The minimum Gasteiger partial charge on any atom is -0.384 e. The van der Waals surface area contributed by atoms with Gasteiger partial charge in [-0.2, -0.15) is 13.2 Å². The van der Waals surface area contributed by atoms with Crippen LogP contribution in [0.5, 0.6) is 0 Å². The molecule has 1 aromatic heterocycles. The number of pyridine rings is 1. The van der Waals surface area contributed by atoms with Crippen LogP contribution in [0.4, 0.5) is 17.6 Å². The Hall–Kier alpha value is -3.37. The van der Waals surface area contributed by atoms with Crippen LogP contribution in [0.2, 0.25) is 0 Å². The van der Waals surface area contributed by atoms with E-state index >= 15 is 4.39 Å².